The van der Waals surface area contributed by atoms with Crippen molar-refractivity contribution >= 4 is 28.2 Å². The van der Waals surface area contributed by atoms with E-state index in [4.69, 9.17) is 10.3 Å². The van der Waals surface area contributed by atoms with Gasteiger partial charge in [-0.2, -0.15) is 13.5 Å². The summed E-state index contributed by atoms with van der Waals surface area (Å²) in [4.78, 5) is 36.6. The highest BCUT2D eigenvalue weighted by Gasteiger charge is 2.49. The van der Waals surface area contributed by atoms with Crippen LogP contribution in [-0.2, 0) is 24.3 Å². The molecule has 2 bridgehead atoms. The summed E-state index contributed by atoms with van der Waals surface area (Å²) in [5, 5.41) is 0.531. The van der Waals surface area contributed by atoms with Crippen LogP contribution in [-0.4, -0.2) is 65.4 Å². The van der Waals surface area contributed by atoms with Gasteiger partial charge in [0.15, 0.2) is 0 Å². The zero-order chi connectivity index (χ0) is 17.4. The molecule has 2 saturated heterocycles. The van der Waals surface area contributed by atoms with Crippen LogP contribution in [0.5, 0.6) is 0 Å². The second kappa shape index (κ2) is 6.27. The molecule has 2 aliphatic rings. The average molecular weight is 351 g/mol. The minimum absolute atomic E-state index is 0.0632. The van der Waals surface area contributed by atoms with Gasteiger partial charge in [0, 0.05) is 6.54 Å². The molecule has 0 radical (unpaired) electrons. The highest BCUT2D eigenvalue weighted by Crippen LogP contribution is 2.30. The fraction of sp³-hybridized carbons (Fsp3) is 0.700. The van der Waals surface area contributed by atoms with Crippen LogP contribution in [0.2, 0.25) is 0 Å². The van der Waals surface area contributed by atoms with Crippen molar-refractivity contribution in [3.63, 3.8) is 0 Å². The van der Waals surface area contributed by atoms with Crippen molar-refractivity contribution in [2.45, 2.75) is 37.9 Å². The van der Waals surface area contributed by atoms with E-state index in [9.17, 15) is 22.8 Å². The van der Waals surface area contributed by atoms with Gasteiger partial charge in [-0.05, 0) is 19.8 Å². The molecule has 2 aliphatic heterocycles. The van der Waals surface area contributed by atoms with Gasteiger partial charge in [0.25, 0.3) is 11.8 Å². The number of fused-ring (bicyclic) bond motifs is 2. The van der Waals surface area contributed by atoms with Crippen LogP contribution in [0.25, 0.3) is 0 Å². The Kier molecular flexibility index (Phi) is 4.74. The lowest BCUT2D eigenvalue weighted by Gasteiger charge is -2.29. The molecule has 13 heteroatoms. The number of piperidine rings is 1. The summed E-state index contributed by atoms with van der Waals surface area (Å²) in [6, 6.07) is -3.17. The summed E-state index contributed by atoms with van der Waals surface area (Å²) >= 11 is 0. The maximum atomic E-state index is 12.1. The van der Waals surface area contributed by atoms with E-state index in [1.54, 1.807) is 0 Å². The van der Waals surface area contributed by atoms with Gasteiger partial charge in [-0.3, -0.25) is 25.0 Å². The Morgan fingerprint density at radius 1 is 1.39 bits per heavy atom. The monoisotopic (exact) mass is 351 g/mol. The van der Waals surface area contributed by atoms with Crippen molar-refractivity contribution in [3.05, 3.63) is 0 Å². The molecule has 12 nitrogen and oxygen atoms in total. The maximum absolute atomic E-state index is 12.1. The van der Waals surface area contributed by atoms with Crippen LogP contribution in [0.1, 0.15) is 19.8 Å². The van der Waals surface area contributed by atoms with E-state index in [1.165, 1.54) is 6.92 Å². The number of nitrogens with one attached hydrogen (secondary N) is 2. The summed E-state index contributed by atoms with van der Waals surface area (Å²) < 4.78 is 34.4. The molecule has 130 valence electrons. The second-order valence-electron chi connectivity index (χ2n) is 5.28. The van der Waals surface area contributed by atoms with Gasteiger partial charge in [0.05, 0.1) is 12.1 Å². The maximum Gasteiger partial charge on any atom is 0.418 e. The third kappa shape index (κ3) is 3.87. The lowest BCUT2D eigenvalue weighted by molar-refractivity contribution is -0.132. The van der Waals surface area contributed by atoms with Crippen molar-refractivity contribution in [2.24, 2.45) is 5.73 Å². The Labute approximate surface area is 131 Å². The molecule has 0 aromatic heterocycles. The predicted molar refractivity (Wildman–Crippen MR) is 73.3 cm³/mol. The van der Waals surface area contributed by atoms with Crippen LogP contribution in [0, 0.1) is 0 Å². The lowest BCUT2D eigenvalue weighted by atomic mass is 10.0. The molecule has 23 heavy (non-hydrogen) atoms. The Bertz CT molecular complexity index is 621. The Hall–Kier alpha value is -1.96. The number of amides is 4. The third-order valence-electron chi connectivity index (χ3n) is 3.52. The lowest BCUT2D eigenvalue weighted by Crippen LogP contribution is -2.56. The molecule has 0 saturated carbocycles. The van der Waals surface area contributed by atoms with Crippen LogP contribution < -0.4 is 16.6 Å². The number of nitrogens with zero attached hydrogens (tertiary/aromatic N) is 2. The molecule has 0 spiro atoms. The highest BCUT2D eigenvalue weighted by atomic mass is 32.3. The quantitative estimate of drug-likeness (QED) is 0.317. The van der Waals surface area contributed by atoms with Crippen molar-refractivity contribution in [1.82, 2.24) is 20.8 Å². The number of rotatable bonds is 4. The Balaban J connectivity index is 2.01. The summed E-state index contributed by atoms with van der Waals surface area (Å²) in [5.74, 6) is -1.24. The topological polar surface area (TPSA) is 171 Å². The van der Waals surface area contributed by atoms with E-state index < -0.39 is 46.4 Å². The highest BCUT2D eigenvalue weighted by molar-refractivity contribution is 7.80. The summed E-state index contributed by atoms with van der Waals surface area (Å²) in [6.45, 7) is 1.49. The molecular formula is C10H17N5O7S. The average Bonchev–Trinajstić information content (AvgIpc) is 2.68. The second-order valence-corrected chi connectivity index (χ2v) is 6.28. The first-order chi connectivity index (χ1) is 10.6. The summed E-state index contributed by atoms with van der Waals surface area (Å²) in [6.07, 6.45) is 0.526. The standard InChI is InChI=1S/C10H17N5O7S/c1-5(11)8(16)12-13-9(17)7-3-2-6-4-14(7)10(18)15(6)22-23(19,20)21/h5-7H,2-4,11H2,1H3,(H,12,16)(H,13,17)(H,19,20,21)/t5-,6+,7-/m0/s1. The van der Waals surface area contributed by atoms with Gasteiger partial charge >= 0.3 is 16.4 Å². The molecule has 0 aliphatic carbocycles. The zero-order valence-corrected chi connectivity index (χ0v) is 12.9. The van der Waals surface area contributed by atoms with E-state index in [0.29, 0.717) is 5.06 Å². The number of hydroxylamine groups is 2. The van der Waals surface area contributed by atoms with Crippen molar-refractivity contribution < 1.29 is 31.6 Å². The fourth-order valence-electron chi connectivity index (χ4n) is 2.42. The number of hydrazine groups is 1. The number of hydrogen-bond acceptors (Lipinski definition) is 7. The van der Waals surface area contributed by atoms with Gasteiger partial charge in [0.2, 0.25) is 0 Å². The van der Waals surface area contributed by atoms with E-state index in [-0.39, 0.29) is 19.4 Å². The number of nitrogens with two attached hydrogens (primary N) is 1. The number of urea groups is 1. The van der Waals surface area contributed by atoms with Gasteiger partial charge in [-0.25, -0.2) is 4.79 Å². The van der Waals surface area contributed by atoms with E-state index in [1.807, 2.05) is 0 Å². The van der Waals surface area contributed by atoms with E-state index >= 15 is 0 Å². The molecule has 0 unspecified atom stereocenters. The molecule has 5 N–H and O–H groups in total. The van der Waals surface area contributed by atoms with Crippen molar-refractivity contribution in [2.75, 3.05) is 6.54 Å². The third-order valence-corrected chi connectivity index (χ3v) is 3.87. The van der Waals surface area contributed by atoms with Crippen LogP contribution in [0.15, 0.2) is 0 Å². The van der Waals surface area contributed by atoms with Gasteiger partial charge in [-0.15, -0.1) is 4.28 Å². The normalized spacial score (nSPS) is 25.3. The minimum Gasteiger partial charge on any atom is -0.320 e. The number of hydrogen-bond donors (Lipinski definition) is 4. The molecule has 2 heterocycles. The SMILES string of the molecule is C[C@H](N)C(=O)NNC(=O)[C@@H]1CC[C@@H]2CN1C(=O)N2OS(=O)(=O)O. The van der Waals surface area contributed by atoms with Gasteiger partial charge in [0.1, 0.15) is 6.04 Å². The summed E-state index contributed by atoms with van der Waals surface area (Å²) in [5.41, 5.74) is 9.61. The van der Waals surface area contributed by atoms with Crippen LogP contribution >= 0.6 is 0 Å². The first-order valence-corrected chi connectivity index (χ1v) is 8.09. The first kappa shape index (κ1) is 17.4. The molecular weight excluding hydrogens is 334 g/mol. The van der Waals surface area contributed by atoms with E-state index in [0.717, 1.165) is 4.90 Å². The number of carbonyl (C=O) groups excluding carboxylic acids is 3. The number of carbonyl (C=O) groups is 3. The molecule has 2 rings (SSSR count). The smallest absolute Gasteiger partial charge is 0.320 e. The molecule has 0 aromatic carbocycles. The Morgan fingerprint density at radius 2 is 2.04 bits per heavy atom. The Morgan fingerprint density at radius 3 is 2.61 bits per heavy atom. The largest absolute Gasteiger partial charge is 0.418 e. The minimum atomic E-state index is -4.84. The molecule has 2 fully saturated rings. The van der Waals surface area contributed by atoms with Crippen molar-refractivity contribution in [3.8, 4) is 0 Å². The van der Waals surface area contributed by atoms with Gasteiger partial charge in [-0.1, -0.05) is 0 Å². The molecule has 4 amide bonds. The van der Waals surface area contributed by atoms with Crippen LogP contribution in [0.3, 0.4) is 0 Å². The fourth-order valence-corrected chi connectivity index (χ4v) is 2.81. The first-order valence-electron chi connectivity index (χ1n) is 6.72. The van der Waals surface area contributed by atoms with Crippen molar-refractivity contribution in [1.29, 1.82) is 0 Å². The molecule has 0 aromatic rings. The van der Waals surface area contributed by atoms with E-state index in [2.05, 4.69) is 15.1 Å². The molecule has 3 atom stereocenters. The van der Waals surface area contributed by atoms with Gasteiger partial charge < -0.3 is 10.6 Å². The van der Waals surface area contributed by atoms with Crippen LogP contribution in [0.4, 0.5) is 4.79 Å². The zero-order valence-electron chi connectivity index (χ0n) is 12.1. The predicted octanol–water partition coefficient (Wildman–Crippen LogP) is -2.52. The summed E-state index contributed by atoms with van der Waals surface area (Å²) in [7, 11) is -4.84.